The molecule has 1 aromatic carbocycles. The molecule has 6 heteroatoms. The highest BCUT2D eigenvalue weighted by Gasteiger charge is 2.05. The van der Waals surface area contributed by atoms with Crippen molar-refractivity contribution in [3.8, 4) is 5.75 Å². The molecule has 18 heavy (non-hydrogen) atoms. The minimum Gasteiger partial charge on any atom is -0.487 e. The van der Waals surface area contributed by atoms with Gasteiger partial charge in [-0.05, 0) is 37.1 Å². The molecule has 0 fully saturated rings. The molecule has 2 rings (SSSR count). The standard InChI is InChI=1S/C12H14ClN3OS/c13-12-11(15-16-18-12)8-17-10-5-3-9(4-6-10)2-1-7-14/h3-6H,1-2,7-8,14H2. The molecule has 1 heterocycles. The number of hydrogen-bond acceptors (Lipinski definition) is 5. The monoisotopic (exact) mass is 283 g/mol. The van der Waals surface area contributed by atoms with Crippen molar-refractivity contribution >= 4 is 23.1 Å². The number of benzene rings is 1. The summed E-state index contributed by atoms with van der Waals surface area (Å²) in [7, 11) is 0. The maximum Gasteiger partial charge on any atom is 0.141 e. The third kappa shape index (κ3) is 3.66. The Balaban J connectivity index is 1.88. The Bertz CT molecular complexity index is 486. The van der Waals surface area contributed by atoms with Crippen molar-refractivity contribution in [2.24, 2.45) is 5.73 Å². The summed E-state index contributed by atoms with van der Waals surface area (Å²) in [4.78, 5) is 0. The van der Waals surface area contributed by atoms with E-state index in [1.54, 1.807) is 0 Å². The summed E-state index contributed by atoms with van der Waals surface area (Å²) < 4.78 is 9.91. The van der Waals surface area contributed by atoms with Crippen LogP contribution in [0.4, 0.5) is 0 Å². The van der Waals surface area contributed by atoms with Crippen molar-refractivity contribution < 1.29 is 4.74 Å². The fraction of sp³-hybridized carbons (Fsp3) is 0.333. The number of nitrogens with zero attached hydrogens (tertiary/aromatic N) is 2. The number of hydrogen-bond donors (Lipinski definition) is 1. The molecule has 0 bridgehead atoms. The van der Waals surface area contributed by atoms with E-state index < -0.39 is 0 Å². The molecule has 96 valence electrons. The predicted octanol–water partition coefficient (Wildman–Crippen LogP) is 2.66. The lowest BCUT2D eigenvalue weighted by atomic mass is 10.1. The van der Waals surface area contributed by atoms with Crippen LogP contribution in [0.2, 0.25) is 4.34 Å². The molecule has 2 N–H and O–H groups in total. The third-order valence-electron chi connectivity index (χ3n) is 2.48. The third-order valence-corrected chi connectivity index (χ3v) is 3.46. The molecule has 0 saturated carbocycles. The van der Waals surface area contributed by atoms with Gasteiger partial charge in [0.1, 0.15) is 22.4 Å². The van der Waals surface area contributed by atoms with Crippen molar-refractivity contribution in [2.45, 2.75) is 19.4 Å². The van der Waals surface area contributed by atoms with Crippen LogP contribution in [0.3, 0.4) is 0 Å². The minimum atomic E-state index is 0.345. The van der Waals surface area contributed by atoms with Crippen molar-refractivity contribution in [1.29, 1.82) is 0 Å². The average molecular weight is 284 g/mol. The molecule has 0 saturated heterocycles. The van der Waals surface area contributed by atoms with Gasteiger partial charge in [-0.1, -0.05) is 28.2 Å². The Labute approximate surface area is 115 Å². The average Bonchev–Trinajstić information content (AvgIpc) is 2.81. The first-order valence-electron chi connectivity index (χ1n) is 5.68. The van der Waals surface area contributed by atoms with Crippen molar-refractivity contribution in [1.82, 2.24) is 9.59 Å². The van der Waals surface area contributed by atoms with E-state index in [-0.39, 0.29) is 0 Å². The highest BCUT2D eigenvalue weighted by Crippen LogP contribution is 2.20. The summed E-state index contributed by atoms with van der Waals surface area (Å²) in [5.41, 5.74) is 7.41. The van der Waals surface area contributed by atoms with Crippen LogP contribution < -0.4 is 10.5 Å². The summed E-state index contributed by atoms with van der Waals surface area (Å²) in [6.07, 6.45) is 2.00. The zero-order valence-corrected chi connectivity index (χ0v) is 11.4. The number of halogens is 1. The van der Waals surface area contributed by atoms with Gasteiger partial charge in [0, 0.05) is 11.5 Å². The van der Waals surface area contributed by atoms with Crippen LogP contribution in [0.5, 0.6) is 5.75 Å². The molecule has 1 aromatic heterocycles. The first-order chi connectivity index (χ1) is 8.79. The Hall–Kier alpha value is -1.17. The lowest BCUT2D eigenvalue weighted by Crippen LogP contribution is -2.00. The normalized spacial score (nSPS) is 10.6. The summed E-state index contributed by atoms with van der Waals surface area (Å²) in [5.74, 6) is 0.801. The fourth-order valence-electron chi connectivity index (χ4n) is 1.49. The van der Waals surface area contributed by atoms with E-state index in [0.717, 1.165) is 30.1 Å². The van der Waals surface area contributed by atoms with Crippen molar-refractivity contribution in [3.05, 3.63) is 39.9 Å². The van der Waals surface area contributed by atoms with Crippen LogP contribution in [0.15, 0.2) is 24.3 Å². The summed E-state index contributed by atoms with van der Waals surface area (Å²) in [6.45, 7) is 1.06. The van der Waals surface area contributed by atoms with E-state index in [2.05, 4.69) is 9.59 Å². The van der Waals surface area contributed by atoms with Crippen LogP contribution in [0, 0.1) is 0 Å². The van der Waals surface area contributed by atoms with Gasteiger partial charge in [-0.15, -0.1) is 5.10 Å². The van der Waals surface area contributed by atoms with E-state index in [1.165, 1.54) is 5.56 Å². The van der Waals surface area contributed by atoms with E-state index in [1.807, 2.05) is 24.3 Å². The number of aryl methyl sites for hydroxylation is 1. The van der Waals surface area contributed by atoms with Crippen LogP contribution in [-0.4, -0.2) is 16.1 Å². The van der Waals surface area contributed by atoms with Crippen molar-refractivity contribution in [3.63, 3.8) is 0 Å². The summed E-state index contributed by atoms with van der Waals surface area (Å²) in [6, 6.07) is 7.98. The lowest BCUT2D eigenvalue weighted by molar-refractivity contribution is 0.301. The summed E-state index contributed by atoms with van der Waals surface area (Å²) in [5, 5.41) is 3.89. The van der Waals surface area contributed by atoms with Gasteiger partial charge in [-0.3, -0.25) is 0 Å². The Kier molecular flexibility index (Phi) is 4.92. The summed E-state index contributed by atoms with van der Waals surface area (Å²) >= 11 is 7.05. The first kappa shape index (κ1) is 13.3. The molecular weight excluding hydrogens is 270 g/mol. The van der Waals surface area contributed by atoms with Gasteiger partial charge in [0.15, 0.2) is 0 Å². The van der Waals surface area contributed by atoms with Gasteiger partial charge in [0.25, 0.3) is 0 Å². The molecule has 2 aromatic rings. The van der Waals surface area contributed by atoms with E-state index >= 15 is 0 Å². The fourth-order valence-corrected chi connectivity index (χ4v) is 2.09. The van der Waals surface area contributed by atoms with E-state index in [0.29, 0.717) is 23.2 Å². The van der Waals surface area contributed by atoms with Gasteiger partial charge in [0.2, 0.25) is 0 Å². The lowest BCUT2D eigenvalue weighted by Gasteiger charge is -2.05. The maximum atomic E-state index is 5.89. The second kappa shape index (κ2) is 6.68. The molecule has 0 aliphatic heterocycles. The highest BCUT2D eigenvalue weighted by atomic mass is 35.5. The smallest absolute Gasteiger partial charge is 0.141 e. The minimum absolute atomic E-state index is 0.345. The van der Waals surface area contributed by atoms with Crippen LogP contribution in [0.25, 0.3) is 0 Å². The van der Waals surface area contributed by atoms with E-state index in [4.69, 9.17) is 22.1 Å². The second-order valence-electron chi connectivity index (χ2n) is 3.82. The molecule has 0 unspecified atom stereocenters. The van der Waals surface area contributed by atoms with Gasteiger partial charge >= 0.3 is 0 Å². The molecule has 0 atom stereocenters. The first-order valence-corrected chi connectivity index (χ1v) is 6.83. The Morgan fingerprint density at radius 3 is 2.67 bits per heavy atom. The highest BCUT2D eigenvalue weighted by molar-refractivity contribution is 7.10. The Morgan fingerprint density at radius 1 is 1.28 bits per heavy atom. The second-order valence-corrected chi connectivity index (χ2v) is 5.17. The van der Waals surface area contributed by atoms with Crippen LogP contribution in [-0.2, 0) is 13.0 Å². The topological polar surface area (TPSA) is 61.0 Å². The number of ether oxygens (including phenoxy) is 1. The Morgan fingerprint density at radius 2 is 2.06 bits per heavy atom. The van der Waals surface area contributed by atoms with Gasteiger partial charge < -0.3 is 10.5 Å². The zero-order valence-electron chi connectivity index (χ0n) is 9.80. The van der Waals surface area contributed by atoms with Crippen LogP contribution in [0.1, 0.15) is 17.7 Å². The zero-order chi connectivity index (χ0) is 12.8. The van der Waals surface area contributed by atoms with Gasteiger partial charge in [-0.25, -0.2) is 0 Å². The number of rotatable bonds is 6. The quantitative estimate of drug-likeness (QED) is 0.885. The molecular formula is C12H14ClN3OS. The number of nitrogens with two attached hydrogens (primary N) is 1. The molecule has 4 nitrogen and oxygen atoms in total. The van der Waals surface area contributed by atoms with Crippen LogP contribution >= 0.6 is 23.1 Å². The molecule has 0 aliphatic rings. The maximum absolute atomic E-state index is 5.89. The van der Waals surface area contributed by atoms with Gasteiger partial charge in [0.05, 0.1) is 0 Å². The number of aromatic nitrogens is 2. The largest absolute Gasteiger partial charge is 0.487 e. The van der Waals surface area contributed by atoms with Crippen molar-refractivity contribution in [2.75, 3.05) is 6.54 Å². The predicted molar refractivity (Wildman–Crippen MR) is 73.1 cm³/mol. The SMILES string of the molecule is NCCCc1ccc(OCc2nnsc2Cl)cc1. The van der Waals surface area contributed by atoms with E-state index in [9.17, 15) is 0 Å². The molecule has 0 aliphatic carbocycles. The van der Waals surface area contributed by atoms with Gasteiger partial charge in [-0.2, -0.15) is 0 Å². The molecule has 0 radical (unpaired) electrons. The molecule has 0 spiro atoms. The molecule has 0 amide bonds.